The summed E-state index contributed by atoms with van der Waals surface area (Å²) in [7, 11) is 0. The van der Waals surface area contributed by atoms with E-state index in [1.54, 1.807) is 29.3 Å². The lowest BCUT2D eigenvalue weighted by Crippen LogP contribution is -2.74. The molecule has 3 aliphatic heterocycles. The van der Waals surface area contributed by atoms with Crippen LogP contribution in [0.25, 0.3) is 0 Å². The molecule has 1 aromatic carbocycles. The van der Waals surface area contributed by atoms with Gasteiger partial charge in [-0.05, 0) is 68.3 Å². The maximum Gasteiger partial charge on any atom is 0.272 e. The number of carbonyl (C=O) groups excluding carboxylic acids is 1. The first-order valence-corrected chi connectivity index (χ1v) is 12.2. The van der Waals surface area contributed by atoms with Crippen molar-refractivity contribution in [1.82, 2.24) is 14.8 Å². The fraction of sp³-hybridized carbons (Fsp3) is 0.538. The molecule has 2 N–H and O–H groups in total. The van der Waals surface area contributed by atoms with Gasteiger partial charge < -0.3 is 19.8 Å². The molecule has 3 fully saturated rings. The zero-order chi connectivity index (χ0) is 22.4. The van der Waals surface area contributed by atoms with E-state index in [2.05, 4.69) is 9.88 Å². The van der Waals surface area contributed by atoms with E-state index < -0.39 is 17.1 Å². The summed E-state index contributed by atoms with van der Waals surface area (Å²) in [6.45, 7) is 2.78. The van der Waals surface area contributed by atoms with Gasteiger partial charge in [0.15, 0.2) is 11.5 Å². The molecule has 2 aromatic rings. The first-order valence-electron chi connectivity index (χ1n) is 12.2. The molecule has 33 heavy (non-hydrogen) atoms. The van der Waals surface area contributed by atoms with Gasteiger partial charge in [0.2, 0.25) is 0 Å². The number of amides is 1. The SMILES string of the molecule is O=C(c1ccccn1)N1CC[C@@]2(O)[C@H]3Cc4ccc(O)c5c4[C@@]2(CCN3CC2CC2)[C@H](C1)O5. The number of rotatable bonds is 3. The van der Waals surface area contributed by atoms with E-state index in [4.69, 9.17) is 4.74 Å². The van der Waals surface area contributed by atoms with Gasteiger partial charge in [-0.1, -0.05) is 12.1 Å². The molecule has 1 aromatic heterocycles. The highest BCUT2D eigenvalue weighted by Gasteiger charge is 2.71. The summed E-state index contributed by atoms with van der Waals surface area (Å²) >= 11 is 0. The Morgan fingerprint density at radius 2 is 2.06 bits per heavy atom. The third-order valence-electron chi connectivity index (χ3n) is 8.96. The molecule has 7 heteroatoms. The van der Waals surface area contributed by atoms with Crippen LogP contribution in [0.3, 0.4) is 0 Å². The fourth-order valence-electron chi connectivity index (χ4n) is 7.24. The highest BCUT2D eigenvalue weighted by molar-refractivity contribution is 5.92. The minimum Gasteiger partial charge on any atom is -0.504 e. The number of hydrogen-bond donors (Lipinski definition) is 2. The molecular formula is C26H29N3O4. The number of pyridine rings is 1. The average Bonchev–Trinajstić information content (AvgIpc) is 3.59. The van der Waals surface area contributed by atoms with Crippen LogP contribution in [-0.4, -0.2) is 74.8 Å². The van der Waals surface area contributed by atoms with Crippen molar-refractivity contribution in [3.05, 3.63) is 53.3 Å². The standard InChI is InChI=1S/C26H29N3O4/c30-19-7-6-17-13-20-26(32)9-12-29(24(31)18-3-1-2-10-27-18)15-21-25(26,22(17)23(19)33-21)8-11-28(20)14-16-4-5-16/h1-3,6-7,10,16,20-21,30,32H,4-5,8-9,11-15H2/t20-,21+,25-,26-/m1/s1. The number of phenols is 1. The fourth-order valence-corrected chi connectivity index (χ4v) is 7.24. The van der Waals surface area contributed by atoms with E-state index in [0.717, 1.165) is 37.4 Å². The van der Waals surface area contributed by atoms with Gasteiger partial charge in [0.05, 0.1) is 17.6 Å². The Bertz CT molecular complexity index is 1140. The smallest absolute Gasteiger partial charge is 0.272 e. The summed E-state index contributed by atoms with van der Waals surface area (Å²) < 4.78 is 6.46. The Balaban J connectivity index is 1.35. The number of piperidine rings is 1. The number of aliphatic hydroxyl groups is 1. The van der Waals surface area contributed by atoms with E-state index >= 15 is 0 Å². The quantitative estimate of drug-likeness (QED) is 0.750. The number of likely N-dealkylation sites (tertiary alicyclic amines) is 2. The minimum absolute atomic E-state index is 0.00848. The third-order valence-corrected chi connectivity index (χ3v) is 8.96. The number of hydrogen-bond acceptors (Lipinski definition) is 6. The molecule has 2 saturated heterocycles. The van der Waals surface area contributed by atoms with E-state index in [1.807, 2.05) is 12.1 Å². The molecule has 0 unspecified atom stereocenters. The zero-order valence-corrected chi connectivity index (χ0v) is 18.6. The molecule has 2 aliphatic carbocycles. The summed E-state index contributed by atoms with van der Waals surface area (Å²) in [6, 6.07) is 9.07. The van der Waals surface area contributed by atoms with E-state index in [9.17, 15) is 15.0 Å². The van der Waals surface area contributed by atoms with Crippen molar-refractivity contribution in [3.63, 3.8) is 0 Å². The van der Waals surface area contributed by atoms with Crippen molar-refractivity contribution >= 4 is 5.91 Å². The van der Waals surface area contributed by atoms with Crippen molar-refractivity contribution in [3.8, 4) is 11.5 Å². The zero-order valence-electron chi connectivity index (χ0n) is 18.6. The van der Waals surface area contributed by atoms with Gasteiger partial charge in [-0.2, -0.15) is 0 Å². The van der Waals surface area contributed by atoms with Crippen LogP contribution < -0.4 is 4.74 Å². The maximum absolute atomic E-state index is 13.4. The van der Waals surface area contributed by atoms with Crippen LogP contribution >= 0.6 is 0 Å². The second-order valence-electron chi connectivity index (χ2n) is 10.6. The average molecular weight is 448 g/mol. The Hall–Kier alpha value is -2.64. The number of benzene rings is 1. The predicted molar refractivity (Wildman–Crippen MR) is 120 cm³/mol. The Labute approximate surface area is 193 Å². The molecule has 172 valence electrons. The molecule has 7 rings (SSSR count). The number of aromatic nitrogens is 1. The molecule has 1 saturated carbocycles. The monoisotopic (exact) mass is 447 g/mol. The summed E-state index contributed by atoms with van der Waals surface area (Å²) in [5, 5.41) is 23.3. The van der Waals surface area contributed by atoms with Crippen LogP contribution in [0.4, 0.5) is 0 Å². The third kappa shape index (κ3) is 2.58. The van der Waals surface area contributed by atoms with Gasteiger partial charge in [0.1, 0.15) is 11.8 Å². The second-order valence-corrected chi connectivity index (χ2v) is 10.6. The Kier molecular flexibility index (Phi) is 4.02. The van der Waals surface area contributed by atoms with Crippen molar-refractivity contribution < 1.29 is 19.7 Å². The van der Waals surface area contributed by atoms with Crippen molar-refractivity contribution in [2.45, 2.75) is 55.3 Å². The highest BCUT2D eigenvalue weighted by atomic mass is 16.5. The molecule has 4 atom stereocenters. The molecule has 5 aliphatic rings. The number of ether oxygens (including phenoxy) is 1. The number of aromatic hydroxyl groups is 1. The predicted octanol–water partition coefficient (Wildman–Crippen LogP) is 2.10. The number of nitrogens with zero attached hydrogens (tertiary/aromatic N) is 3. The molecule has 4 heterocycles. The highest BCUT2D eigenvalue weighted by Crippen LogP contribution is 2.63. The van der Waals surface area contributed by atoms with Crippen LogP contribution in [0.1, 0.15) is 47.3 Å². The molecule has 0 radical (unpaired) electrons. The summed E-state index contributed by atoms with van der Waals surface area (Å²) in [4.78, 5) is 21.9. The summed E-state index contributed by atoms with van der Waals surface area (Å²) in [6.07, 6.45) is 5.80. The first kappa shape index (κ1) is 19.8. The van der Waals surface area contributed by atoms with Gasteiger partial charge >= 0.3 is 0 Å². The lowest BCUT2D eigenvalue weighted by Gasteiger charge is -2.60. The van der Waals surface area contributed by atoms with Crippen LogP contribution in [0.15, 0.2) is 36.5 Å². The normalized spacial score (nSPS) is 34.4. The molecule has 2 bridgehead atoms. The van der Waals surface area contributed by atoms with E-state index in [0.29, 0.717) is 31.0 Å². The lowest BCUT2D eigenvalue weighted by molar-refractivity contribution is -0.162. The topological polar surface area (TPSA) is 86.1 Å². The molecular weight excluding hydrogens is 418 g/mol. The van der Waals surface area contributed by atoms with Gasteiger partial charge in [0.25, 0.3) is 5.91 Å². The number of phenolic OH excluding ortho intramolecular Hbond substituents is 1. The maximum atomic E-state index is 13.4. The van der Waals surface area contributed by atoms with Gasteiger partial charge in [-0.3, -0.25) is 14.7 Å². The van der Waals surface area contributed by atoms with Gasteiger partial charge in [-0.15, -0.1) is 0 Å². The molecule has 7 nitrogen and oxygen atoms in total. The van der Waals surface area contributed by atoms with Crippen molar-refractivity contribution in [2.75, 3.05) is 26.2 Å². The van der Waals surface area contributed by atoms with Gasteiger partial charge in [0, 0.05) is 30.9 Å². The molecule has 1 spiro atoms. The number of carbonyl (C=O) groups is 1. The van der Waals surface area contributed by atoms with Crippen molar-refractivity contribution in [2.24, 2.45) is 5.92 Å². The minimum atomic E-state index is -1.02. The van der Waals surface area contributed by atoms with Crippen LogP contribution in [0, 0.1) is 5.92 Å². The first-order chi connectivity index (χ1) is 16.0. The van der Waals surface area contributed by atoms with Crippen LogP contribution in [0.5, 0.6) is 11.5 Å². The summed E-state index contributed by atoms with van der Waals surface area (Å²) in [5.41, 5.74) is 0.938. The van der Waals surface area contributed by atoms with Crippen LogP contribution in [0.2, 0.25) is 0 Å². The van der Waals surface area contributed by atoms with E-state index in [1.165, 1.54) is 18.4 Å². The van der Waals surface area contributed by atoms with Crippen LogP contribution in [-0.2, 0) is 11.8 Å². The lowest BCUT2D eigenvalue weighted by atomic mass is 9.52. The second kappa shape index (κ2) is 6.70. The van der Waals surface area contributed by atoms with Crippen molar-refractivity contribution in [1.29, 1.82) is 0 Å². The van der Waals surface area contributed by atoms with E-state index in [-0.39, 0.29) is 17.7 Å². The molecule has 1 amide bonds. The Morgan fingerprint density at radius 3 is 2.85 bits per heavy atom. The largest absolute Gasteiger partial charge is 0.504 e. The summed E-state index contributed by atoms with van der Waals surface area (Å²) in [5.74, 6) is 1.24. The Morgan fingerprint density at radius 1 is 1.18 bits per heavy atom. The van der Waals surface area contributed by atoms with Gasteiger partial charge in [-0.25, -0.2) is 0 Å².